The van der Waals surface area contributed by atoms with Crippen LogP contribution in [-0.4, -0.2) is 44.7 Å². The molecule has 1 aromatic carbocycles. The molecule has 0 saturated carbocycles. The van der Waals surface area contributed by atoms with E-state index >= 15 is 0 Å². The number of carbonyl (C=O) groups excluding carboxylic acids is 1. The van der Waals surface area contributed by atoms with Crippen molar-refractivity contribution in [3.63, 3.8) is 0 Å². The van der Waals surface area contributed by atoms with Gasteiger partial charge < -0.3 is 20.1 Å². The van der Waals surface area contributed by atoms with E-state index in [0.29, 0.717) is 22.9 Å². The number of carbonyl (C=O) groups is 1. The molecular formula is C15H22N2O3. The fraction of sp³-hybridized carbons (Fsp3) is 0.533. The number of hydrogen-bond donors (Lipinski definition) is 1. The van der Waals surface area contributed by atoms with Gasteiger partial charge in [0.05, 0.1) is 18.4 Å². The summed E-state index contributed by atoms with van der Waals surface area (Å²) in [5.41, 5.74) is 6.84. The molecule has 0 aliphatic carbocycles. The van der Waals surface area contributed by atoms with Crippen molar-refractivity contribution in [2.24, 2.45) is 5.92 Å². The zero-order chi connectivity index (χ0) is 14.5. The molecule has 20 heavy (non-hydrogen) atoms. The summed E-state index contributed by atoms with van der Waals surface area (Å²) in [6.07, 6.45) is 2.01. The minimum Gasteiger partial charge on any atom is -0.494 e. The largest absolute Gasteiger partial charge is 0.494 e. The first-order valence-corrected chi connectivity index (χ1v) is 6.89. The van der Waals surface area contributed by atoms with E-state index in [1.165, 1.54) is 7.11 Å². The first-order chi connectivity index (χ1) is 9.63. The van der Waals surface area contributed by atoms with E-state index in [1.807, 2.05) is 7.05 Å². The quantitative estimate of drug-likeness (QED) is 0.853. The molecule has 110 valence electrons. The molecule has 1 saturated heterocycles. The molecule has 0 aromatic heterocycles. The summed E-state index contributed by atoms with van der Waals surface area (Å²) < 4.78 is 10.6. The van der Waals surface area contributed by atoms with Crippen LogP contribution in [0.2, 0.25) is 0 Å². The van der Waals surface area contributed by atoms with E-state index in [0.717, 1.165) is 32.6 Å². The lowest BCUT2D eigenvalue weighted by molar-refractivity contribution is 0.0496. The van der Waals surface area contributed by atoms with Crippen molar-refractivity contribution in [3.05, 3.63) is 23.8 Å². The van der Waals surface area contributed by atoms with Crippen molar-refractivity contribution in [2.45, 2.75) is 12.8 Å². The van der Waals surface area contributed by atoms with Gasteiger partial charge in [0, 0.05) is 26.8 Å². The molecule has 2 rings (SSSR count). The summed E-state index contributed by atoms with van der Waals surface area (Å²) >= 11 is 0. The minimum absolute atomic E-state index is 0.0550. The molecule has 1 aromatic rings. The fourth-order valence-corrected chi connectivity index (χ4v) is 2.56. The molecule has 1 amide bonds. The Morgan fingerprint density at radius 1 is 1.45 bits per heavy atom. The molecule has 1 aliphatic heterocycles. The summed E-state index contributed by atoms with van der Waals surface area (Å²) in [6.45, 7) is 2.31. The molecule has 5 nitrogen and oxygen atoms in total. The van der Waals surface area contributed by atoms with E-state index in [4.69, 9.17) is 15.2 Å². The third-order valence-corrected chi connectivity index (χ3v) is 3.70. The first kappa shape index (κ1) is 14.7. The number of hydrogen-bond acceptors (Lipinski definition) is 4. The van der Waals surface area contributed by atoms with Crippen molar-refractivity contribution in [1.29, 1.82) is 0 Å². The summed E-state index contributed by atoms with van der Waals surface area (Å²) in [7, 11) is 3.35. The summed E-state index contributed by atoms with van der Waals surface area (Å²) in [5, 5.41) is 0. The van der Waals surface area contributed by atoms with Crippen molar-refractivity contribution in [2.75, 3.05) is 39.6 Å². The Morgan fingerprint density at radius 3 is 2.80 bits per heavy atom. The zero-order valence-corrected chi connectivity index (χ0v) is 12.1. The predicted octanol–water partition coefficient (Wildman–Crippen LogP) is 1.78. The van der Waals surface area contributed by atoms with Crippen LogP contribution in [0.5, 0.6) is 5.75 Å². The van der Waals surface area contributed by atoms with Crippen LogP contribution in [0.4, 0.5) is 5.69 Å². The van der Waals surface area contributed by atoms with Crippen LogP contribution < -0.4 is 10.5 Å². The van der Waals surface area contributed by atoms with Gasteiger partial charge in [0.1, 0.15) is 0 Å². The molecule has 0 spiro atoms. The summed E-state index contributed by atoms with van der Waals surface area (Å²) in [6, 6.07) is 5.25. The number of benzene rings is 1. The van der Waals surface area contributed by atoms with E-state index in [1.54, 1.807) is 23.1 Å². The normalized spacial score (nSPS) is 15.9. The molecule has 0 bridgehead atoms. The van der Waals surface area contributed by atoms with E-state index in [9.17, 15) is 4.79 Å². The number of nitrogens with zero attached hydrogens (tertiary/aromatic N) is 1. The highest BCUT2D eigenvalue weighted by Gasteiger charge is 2.22. The van der Waals surface area contributed by atoms with Gasteiger partial charge in [-0.25, -0.2) is 0 Å². The van der Waals surface area contributed by atoms with Crippen LogP contribution in [0.3, 0.4) is 0 Å². The van der Waals surface area contributed by atoms with Crippen LogP contribution in [0.15, 0.2) is 18.2 Å². The van der Waals surface area contributed by atoms with Gasteiger partial charge in [0.2, 0.25) is 0 Å². The summed E-state index contributed by atoms with van der Waals surface area (Å²) in [4.78, 5) is 14.3. The Morgan fingerprint density at radius 2 is 2.15 bits per heavy atom. The highest BCUT2D eigenvalue weighted by atomic mass is 16.5. The second-order valence-corrected chi connectivity index (χ2v) is 5.17. The van der Waals surface area contributed by atoms with Crippen molar-refractivity contribution >= 4 is 11.6 Å². The monoisotopic (exact) mass is 278 g/mol. The minimum atomic E-state index is -0.0550. The third kappa shape index (κ3) is 3.22. The van der Waals surface area contributed by atoms with Gasteiger partial charge in [-0.15, -0.1) is 0 Å². The number of anilines is 1. The Labute approximate surface area is 119 Å². The zero-order valence-electron chi connectivity index (χ0n) is 12.1. The van der Waals surface area contributed by atoms with Crippen LogP contribution in [0.25, 0.3) is 0 Å². The molecule has 5 heteroatoms. The molecule has 0 unspecified atom stereocenters. The maximum absolute atomic E-state index is 12.5. The van der Waals surface area contributed by atoms with Gasteiger partial charge in [-0.1, -0.05) is 6.07 Å². The molecular weight excluding hydrogens is 256 g/mol. The molecule has 0 radical (unpaired) electrons. The van der Waals surface area contributed by atoms with Gasteiger partial charge in [0.25, 0.3) is 5.91 Å². The number of ether oxygens (including phenoxy) is 2. The molecule has 0 atom stereocenters. The van der Waals surface area contributed by atoms with Crippen molar-refractivity contribution < 1.29 is 14.3 Å². The SMILES string of the molecule is COc1c(N)cccc1C(=O)N(C)CC1CCOCC1. The molecule has 1 aliphatic rings. The second kappa shape index (κ2) is 6.61. The van der Waals surface area contributed by atoms with Gasteiger partial charge in [-0.3, -0.25) is 4.79 Å². The van der Waals surface area contributed by atoms with Crippen molar-refractivity contribution in [1.82, 2.24) is 4.90 Å². The highest BCUT2D eigenvalue weighted by Crippen LogP contribution is 2.27. The van der Waals surface area contributed by atoms with Gasteiger partial charge >= 0.3 is 0 Å². The lowest BCUT2D eigenvalue weighted by Crippen LogP contribution is -2.34. The second-order valence-electron chi connectivity index (χ2n) is 5.17. The fourth-order valence-electron chi connectivity index (χ4n) is 2.56. The standard InChI is InChI=1S/C15H22N2O3/c1-17(10-11-6-8-20-9-7-11)15(18)12-4-3-5-13(16)14(12)19-2/h3-5,11H,6-10,16H2,1-2H3. The maximum Gasteiger partial charge on any atom is 0.257 e. The van der Waals surface area contributed by atoms with Gasteiger partial charge in [-0.05, 0) is 30.9 Å². The Hall–Kier alpha value is -1.75. The number of rotatable bonds is 4. The topological polar surface area (TPSA) is 64.8 Å². The lowest BCUT2D eigenvalue weighted by atomic mass is 9.99. The van der Waals surface area contributed by atoms with Crippen LogP contribution in [-0.2, 0) is 4.74 Å². The number of nitrogens with two attached hydrogens (primary N) is 1. The maximum atomic E-state index is 12.5. The van der Waals surface area contributed by atoms with E-state index in [2.05, 4.69) is 0 Å². The van der Waals surface area contributed by atoms with E-state index in [-0.39, 0.29) is 5.91 Å². The Kier molecular flexibility index (Phi) is 4.84. The molecule has 2 N–H and O–H groups in total. The molecule has 1 heterocycles. The van der Waals surface area contributed by atoms with Crippen LogP contribution in [0.1, 0.15) is 23.2 Å². The third-order valence-electron chi connectivity index (χ3n) is 3.70. The molecule has 1 fully saturated rings. The average Bonchev–Trinajstić information content (AvgIpc) is 2.47. The number of methoxy groups -OCH3 is 1. The first-order valence-electron chi connectivity index (χ1n) is 6.89. The predicted molar refractivity (Wildman–Crippen MR) is 77.9 cm³/mol. The number of amides is 1. The highest BCUT2D eigenvalue weighted by molar-refractivity contribution is 5.98. The van der Waals surface area contributed by atoms with Crippen molar-refractivity contribution in [3.8, 4) is 5.75 Å². The summed E-state index contributed by atoms with van der Waals surface area (Å²) in [5.74, 6) is 0.904. The lowest BCUT2D eigenvalue weighted by Gasteiger charge is -2.27. The number of para-hydroxylation sites is 1. The number of nitrogen functional groups attached to an aromatic ring is 1. The Bertz CT molecular complexity index is 470. The van der Waals surface area contributed by atoms with Gasteiger partial charge in [-0.2, -0.15) is 0 Å². The average molecular weight is 278 g/mol. The smallest absolute Gasteiger partial charge is 0.257 e. The van der Waals surface area contributed by atoms with E-state index < -0.39 is 0 Å². The Balaban J connectivity index is 2.08. The van der Waals surface area contributed by atoms with Gasteiger partial charge in [0.15, 0.2) is 5.75 Å². The van der Waals surface area contributed by atoms with Crippen LogP contribution in [0, 0.1) is 5.92 Å². The van der Waals surface area contributed by atoms with Crippen LogP contribution >= 0.6 is 0 Å².